The van der Waals surface area contributed by atoms with Crippen molar-refractivity contribution in [3.63, 3.8) is 0 Å². The molecule has 0 spiro atoms. The minimum Gasteiger partial charge on any atom is -0.342 e. The first-order valence-electron chi connectivity index (χ1n) is 8.71. The fourth-order valence-electron chi connectivity index (χ4n) is 6.52. The Bertz CT molecular complexity index is 484. The Morgan fingerprint density at radius 3 is 2.29 bits per heavy atom. The average molecular weight is 286 g/mol. The molecule has 4 aliphatic carbocycles. The first-order valence-corrected chi connectivity index (χ1v) is 8.71. The molecule has 0 aromatic rings. The van der Waals surface area contributed by atoms with Crippen LogP contribution in [-0.2, 0) is 4.79 Å². The van der Waals surface area contributed by atoms with Crippen molar-refractivity contribution in [2.45, 2.75) is 58.3 Å². The van der Waals surface area contributed by atoms with Crippen LogP contribution in [0.2, 0.25) is 0 Å². The molecule has 0 N–H and O–H groups in total. The number of likely N-dealkylation sites (tertiary alicyclic amines) is 1. The number of rotatable bonds is 1. The van der Waals surface area contributed by atoms with Crippen molar-refractivity contribution >= 4 is 5.91 Å². The average Bonchev–Trinajstić information content (AvgIpc) is 2.44. The largest absolute Gasteiger partial charge is 0.342 e. The standard InChI is InChI=1S/C18H26N2O/c1-17-7-14-6-15(8-17)10-18(9-14,12-17)16(21)20-4-2-13(11-19)3-5-20/h13-15H,2-10,12H2,1H3. The highest BCUT2D eigenvalue weighted by atomic mass is 16.2. The minimum absolute atomic E-state index is 0.0295. The van der Waals surface area contributed by atoms with Crippen molar-refractivity contribution in [1.82, 2.24) is 4.90 Å². The van der Waals surface area contributed by atoms with Crippen molar-refractivity contribution < 1.29 is 4.79 Å². The summed E-state index contributed by atoms with van der Waals surface area (Å²) < 4.78 is 0. The molecular weight excluding hydrogens is 260 g/mol. The van der Waals surface area contributed by atoms with Gasteiger partial charge in [-0.15, -0.1) is 0 Å². The molecule has 5 rings (SSSR count). The predicted molar refractivity (Wildman–Crippen MR) is 80.1 cm³/mol. The van der Waals surface area contributed by atoms with Crippen molar-refractivity contribution in [2.75, 3.05) is 13.1 Å². The predicted octanol–water partition coefficient (Wildman–Crippen LogP) is 3.36. The molecule has 5 aliphatic rings. The van der Waals surface area contributed by atoms with Gasteiger partial charge in [-0.3, -0.25) is 4.79 Å². The zero-order valence-electron chi connectivity index (χ0n) is 13.1. The van der Waals surface area contributed by atoms with Gasteiger partial charge < -0.3 is 4.90 Å². The quantitative estimate of drug-likeness (QED) is 0.742. The van der Waals surface area contributed by atoms with Gasteiger partial charge in [-0.05, 0) is 68.6 Å². The van der Waals surface area contributed by atoms with Crippen molar-refractivity contribution in [3.05, 3.63) is 0 Å². The summed E-state index contributed by atoms with van der Waals surface area (Å²) >= 11 is 0. The topological polar surface area (TPSA) is 44.1 Å². The molecule has 114 valence electrons. The first-order chi connectivity index (χ1) is 10.0. The van der Waals surface area contributed by atoms with Crippen LogP contribution in [0.25, 0.3) is 0 Å². The fraction of sp³-hybridized carbons (Fsp3) is 0.889. The van der Waals surface area contributed by atoms with Crippen LogP contribution in [0.4, 0.5) is 0 Å². The molecule has 21 heavy (non-hydrogen) atoms. The van der Waals surface area contributed by atoms with Gasteiger partial charge in [0.25, 0.3) is 0 Å². The number of hydrogen-bond donors (Lipinski definition) is 0. The van der Waals surface area contributed by atoms with E-state index < -0.39 is 0 Å². The molecule has 0 radical (unpaired) electrons. The lowest BCUT2D eigenvalue weighted by Gasteiger charge is -2.61. The number of amides is 1. The van der Waals surface area contributed by atoms with Crippen molar-refractivity contribution in [3.8, 4) is 6.07 Å². The molecule has 4 saturated carbocycles. The van der Waals surface area contributed by atoms with Gasteiger partial charge in [0.1, 0.15) is 0 Å². The summed E-state index contributed by atoms with van der Waals surface area (Å²) in [6, 6.07) is 2.37. The van der Waals surface area contributed by atoms with E-state index >= 15 is 0 Å². The molecule has 1 amide bonds. The summed E-state index contributed by atoms with van der Waals surface area (Å²) in [7, 11) is 0. The maximum Gasteiger partial charge on any atom is 0.228 e. The second-order valence-electron chi connectivity index (χ2n) is 8.75. The molecule has 3 nitrogen and oxygen atoms in total. The summed E-state index contributed by atoms with van der Waals surface area (Å²) in [5, 5.41) is 9.03. The lowest BCUT2D eigenvalue weighted by molar-refractivity contribution is -0.167. The third kappa shape index (κ3) is 2.10. The van der Waals surface area contributed by atoms with E-state index in [1.54, 1.807) is 0 Å². The van der Waals surface area contributed by atoms with E-state index in [0.717, 1.165) is 57.0 Å². The zero-order chi connectivity index (χ0) is 14.7. The van der Waals surface area contributed by atoms with Crippen LogP contribution in [-0.4, -0.2) is 23.9 Å². The van der Waals surface area contributed by atoms with E-state index in [1.165, 1.54) is 19.3 Å². The SMILES string of the molecule is CC12CC3CC(C1)CC(C(=O)N1CCC(C#N)CC1)(C3)C2. The number of nitrogens with zero attached hydrogens (tertiary/aromatic N) is 2. The fourth-order valence-corrected chi connectivity index (χ4v) is 6.52. The van der Waals surface area contributed by atoms with E-state index in [2.05, 4.69) is 17.9 Å². The van der Waals surface area contributed by atoms with Gasteiger partial charge in [0.2, 0.25) is 5.91 Å². The van der Waals surface area contributed by atoms with Gasteiger partial charge in [0, 0.05) is 19.0 Å². The number of hydrogen-bond acceptors (Lipinski definition) is 2. The van der Waals surface area contributed by atoms with Crippen LogP contribution in [0.3, 0.4) is 0 Å². The maximum atomic E-state index is 13.2. The monoisotopic (exact) mass is 286 g/mol. The summed E-state index contributed by atoms with van der Waals surface area (Å²) in [6.07, 6.45) is 9.27. The third-order valence-electron chi connectivity index (χ3n) is 6.77. The lowest BCUT2D eigenvalue weighted by atomic mass is 9.44. The molecule has 0 aromatic heterocycles. The Morgan fingerprint density at radius 1 is 1.14 bits per heavy atom. The summed E-state index contributed by atoms with van der Waals surface area (Å²) in [6.45, 7) is 4.05. The lowest BCUT2D eigenvalue weighted by Crippen LogP contribution is -2.58. The first kappa shape index (κ1) is 13.6. The number of nitriles is 1. The number of piperidine rings is 1. The van der Waals surface area contributed by atoms with E-state index in [0.29, 0.717) is 11.3 Å². The molecule has 2 atom stereocenters. The zero-order valence-corrected chi connectivity index (χ0v) is 13.1. The Hall–Kier alpha value is -1.04. The highest BCUT2D eigenvalue weighted by molar-refractivity contribution is 5.83. The molecule has 2 unspecified atom stereocenters. The van der Waals surface area contributed by atoms with Gasteiger partial charge in [0.15, 0.2) is 0 Å². The molecule has 5 fully saturated rings. The van der Waals surface area contributed by atoms with E-state index in [-0.39, 0.29) is 11.3 Å². The van der Waals surface area contributed by atoms with Crippen molar-refractivity contribution in [2.24, 2.45) is 28.6 Å². The summed E-state index contributed by atoms with van der Waals surface area (Å²) in [5.41, 5.74) is 0.406. The smallest absolute Gasteiger partial charge is 0.228 e. The van der Waals surface area contributed by atoms with Gasteiger partial charge in [-0.2, -0.15) is 5.26 Å². The van der Waals surface area contributed by atoms with Gasteiger partial charge in [0.05, 0.1) is 11.5 Å². The molecular formula is C18H26N2O. The third-order valence-corrected chi connectivity index (χ3v) is 6.77. The van der Waals surface area contributed by atoms with Gasteiger partial charge >= 0.3 is 0 Å². The Labute approximate surface area is 127 Å². The number of carbonyl (C=O) groups excluding carboxylic acids is 1. The second-order valence-corrected chi connectivity index (χ2v) is 8.75. The van der Waals surface area contributed by atoms with Crippen LogP contribution in [0.1, 0.15) is 58.3 Å². The summed E-state index contributed by atoms with van der Waals surface area (Å²) in [5.74, 6) is 2.22. The van der Waals surface area contributed by atoms with Gasteiger partial charge in [-0.25, -0.2) is 0 Å². The molecule has 4 bridgehead atoms. The highest BCUT2D eigenvalue weighted by Gasteiger charge is 2.59. The van der Waals surface area contributed by atoms with Crippen LogP contribution in [0, 0.1) is 39.9 Å². The maximum absolute atomic E-state index is 13.2. The molecule has 1 saturated heterocycles. The van der Waals surface area contributed by atoms with Crippen LogP contribution in [0.15, 0.2) is 0 Å². The molecule has 0 aromatic carbocycles. The van der Waals surface area contributed by atoms with Gasteiger partial charge in [-0.1, -0.05) is 6.92 Å². The minimum atomic E-state index is -0.0295. The van der Waals surface area contributed by atoms with E-state index in [1.807, 2.05) is 0 Å². The molecule has 3 heteroatoms. The Morgan fingerprint density at radius 2 is 1.76 bits per heavy atom. The van der Waals surface area contributed by atoms with Crippen LogP contribution >= 0.6 is 0 Å². The van der Waals surface area contributed by atoms with Crippen LogP contribution in [0.5, 0.6) is 0 Å². The summed E-state index contributed by atoms with van der Waals surface area (Å²) in [4.78, 5) is 15.3. The van der Waals surface area contributed by atoms with Crippen LogP contribution < -0.4 is 0 Å². The second kappa shape index (κ2) is 4.48. The van der Waals surface area contributed by atoms with Crippen molar-refractivity contribution in [1.29, 1.82) is 5.26 Å². The Balaban J connectivity index is 1.53. The van der Waals surface area contributed by atoms with E-state index in [9.17, 15) is 4.79 Å². The highest BCUT2D eigenvalue weighted by Crippen LogP contribution is 2.65. The molecule has 1 aliphatic heterocycles. The number of carbonyl (C=O) groups is 1. The molecule has 1 heterocycles. The Kier molecular flexibility index (Phi) is 2.90. The normalized spacial score (nSPS) is 45.6. The van der Waals surface area contributed by atoms with E-state index in [4.69, 9.17) is 5.26 Å².